The number of amides is 2. The van der Waals surface area contributed by atoms with Crippen LogP contribution in [0.25, 0.3) is 12.2 Å². The Morgan fingerprint density at radius 1 is 0.886 bits per heavy atom. The predicted molar refractivity (Wildman–Crippen MR) is 283 cm³/mol. The van der Waals surface area contributed by atoms with Crippen LogP contribution in [0.4, 0.5) is 0 Å². The van der Waals surface area contributed by atoms with Crippen LogP contribution in [-0.4, -0.2) is 156 Å². The van der Waals surface area contributed by atoms with E-state index in [2.05, 4.69) is 90.0 Å². The van der Waals surface area contributed by atoms with Crippen LogP contribution in [0.15, 0.2) is 170 Å². The van der Waals surface area contributed by atoms with Gasteiger partial charge in [0.25, 0.3) is 17.4 Å². The van der Waals surface area contributed by atoms with E-state index in [-0.39, 0.29) is 100 Å². The van der Waals surface area contributed by atoms with Crippen LogP contribution in [-0.2, 0) is 16.1 Å². The maximum absolute atomic E-state index is 13.2. The van der Waals surface area contributed by atoms with Crippen LogP contribution < -0.4 is 85.1 Å². The molecular formula is C53H77N10O6Rb. The number of nitrogens with zero attached hydrogens (tertiary/aromatic N) is 6. The van der Waals surface area contributed by atoms with Crippen LogP contribution in [0.3, 0.4) is 0 Å². The van der Waals surface area contributed by atoms with Gasteiger partial charge in [-0.2, -0.15) is 0 Å². The van der Waals surface area contributed by atoms with E-state index in [1.807, 2.05) is 56.3 Å². The van der Waals surface area contributed by atoms with Crippen molar-refractivity contribution in [3.05, 3.63) is 193 Å². The number of hydrogen-bond donors (Lipinski definition) is 7. The number of aliphatic hydroxyl groups excluding tert-OH is 2. The summed E-state index contributed by atoms with van der Waals surface area (Å²) < 4.78 is 1.45. The van der Waals surface area contributed by atoms with Gasteiger partial charge < -0.3 is 52.4 Å². The molecule has 2 amide bonds. The summed E-state index contributed by atoms with van der Waals surface area (Å²) in [6.07, 6.45) is 23.3. The molecule has 1 atom stereocenters. The van der Waals surface area contributed by atoms with Crippen molar-refractivity contribution in [2.24, 2.45) is 5.92 Å². The van der Waals surface area contributed by atoms with Gasteiger partial charge in [-0.15, -0.1) is 5.92 Å². The van der Waals surface area contributed by atoms with E-state index < -0.39 is 0 Å². The molecule has 1 aliphatic heterocycles. The zero-order valence-electron chi connectivity index (χ0n) is 42.3. The quantitative estimate of drug-likeness (QED) is 0.0180. The first-order valence-corrected chi connectivity index (χ1v) is 22.7. The Morgan fingerprint density at radius 3 is 2.10 bits per heavy atom. The molecular weight excluding hydrogens is 958 g/mol. The number of nitrogens with one attached hydrogen (secondary N) is 4. The summed E-state index contributed by atoms with van der Waals surface area (Å²) in [7, 11) is 5.69. The molecule has 0 fully saturated rings. The van der Waals surface area contributed by atoms with E-state index in [4.69, 9.17) is 5.11 Å². The van der Waals surface area contributed by atoms with Gasteiger partial charge in [-0.05, 0) is 74.8 Å². The summed E-state index contributed by atoms with van der Waals surface area (Å²) in [6, 6.07) is 1.78. The SMILES string of the molecule is C=C=C1C(C=C)=C(C(=O)NCCN(CCNC(=O)C(/C=C\N(C)CC)=C/C=C)CC([CH2-])CN(CCNC(/C=C\N(C)CCO)=C(C=C)C=C)NC)C=CN1O.C=Cc1ccn(CCO)c(=O)c1C=C.[Rb+]. The fourth-order valence-corrected chi connectivity index (χ4v) is 6.56. The Kier molecular flexibility index (Phi) is 35.2. The summed E-state index contributed by atoms with van der Waals surface area (Å²) in [5, 5.41) is 40.4. The van der Waals surface area contributed by atoms with Crippen LogP contribution >= 0.6 is 0 Å². The zero-order valence-corrected chi connectivity index (χ0v) is 47.3. The van der Waals surface area contributed by atoms with E-state index in [0.717, 1.165) is 28.4 Å². The molecule has 7 N–H and O–H groups in total. The summed E-state index contributed by atoms with van der Waals surface area (Å²) >= 11 is 0. The molecule has 2 heterocycles. The molecule has 2 rings (SSSR count). The number of hydrazine groups is 1. The van der Waals surface area contributed by atoms with Crippen molar-refractivity contribution in [3.8, 4) is 0 Å². The second-order valence-electron chi connectivity index (χ2n) is 15.4. The van der Waals surface area contributed by atoms with E-state index >= 15 is 0 Å². The Bertz CT molecular complexity index is 2190. The van der Waals surface area contributed by atoms with E-state index in [9.17, 15) is 24.7 Å². The van der Waals surface area contributed by atoms with Gasteiger partial charge in [-0.25, -0.2) is 10.1 Å². The molecule has 376 valence electrons. The zero-order chi connectivity index (χ0) is 51.7. The third-order valence-electron chi connectivity index (χ3n) is 10.5. The number of pyridine rings is 1. The van der Waals surface area contributed by atoms with Crippen molar-refractivity contribution in [3.63, 3.8) is 0 Å². The molecule has 0 bridgehead atoms. The minimum absolute atomic E-state index is 0. The van der Waals surface area contributed by atoms with Gasteiger partial charge in [0, 0.05) is 114 Å². The van der Waals surface area contributed by atoms with Crippen LogP contribution in [0, 0.1) is 12.8 Å². The van der Waals surface area contributed by atoms with Crippen molar-refractivity contribution in [2.45, 2.75) is 13.5 Å². The van der Waals surface area contributed by atoms with Gasteiger partial charge in [0.2, 0.25) is 0 Å². The average molecular weight is 1040 g/mol. The normalized spacial score (nSPS) is 12.6. The Morgan fingerprint density at radius 2 is 1.54 bits per heavy atom. The second-order valence-corrected chi connectivity index (χ2v) is 15.4. The molecule has 0 aliphatic carbocycles. The number of aromatic nitrogens is 1. The standard InChI is InChI=1S/C42H64N9O4.C11H13NO2.Rb/c1-11-17-36(18-24-47(9)16-6)41(53)45-21-27-49(28-22-46-42(54)38-19-26-51(55)40(15-5)37(38)14-4)32-34(7)33-50(43-8)29-23-44-39(35(12-2)13-3)20-25-48(10)30-31-52;1-3-9-5-6-12(7-8-13)11(14)10(9)4-2;/h11-14,17-20,24-26,34,43-44,52,55H,1-5,7,16,21-23,27-33H2,6,8-10H3,(H,45,53)(H,46,54);3-6,13H,1-2,7-8H2;/q-1;;+1/b24-18-,25-20-,36-17+;;. The van der Waals surface area contributed by atoms with Gasteiger partial charge in [0.15, 0.2) is 0 Å². The number of allylic oxidation sites excluding steroid dienone is 7. The molecule has 0 aromatic carbocycles. The van der Waals surface area contributed by atoms with Crippen molar-refractivity contribution in [1.29, 1.82) is 0 Å². The Labute approximate surface area is 466 Å². The number of carbonyl (C=O) groups excluding carboxylic acids is 2. The molecule has 16 nitrogen and oxygen atoms in total. The maximum atomic E-state index is 13.2. The maximum Gasteiger partial charge on any atom is 1.00 e. The first-order valence-electron chi connectivity index (χ1n) is 22.7. The monoisotopic (exact) mass is 1030 g/mol. The van der Waals surface area contributed by atoms with E-state index in [0.29, 0.717) is 87.7 Å². The molecule has 0 saturated heterocycles. The molecule has 0 saturated carbocycles. The average Bonchev–Trinajstić information content (AvgIpc) is 3.34. The third-order valence-corrected chi connectivity index (χ3v) is 10.5. The first-order chi connectivity index (χ1) is 33.2. The largest absolute Gasteiger partial charge is 1.00 e. The summed E-state index contributed by atoms with van der Waals surface area (Å²) in [6.45, 7) is 38.4. The molecule has 70 heavy (non-hydrogen) atoms. The van der Waals surface area contributed by atoms with Crippen molar-refractivity contribution in [2.75, 3.05) is 99.8 Å². The Balaban J connectivity index is 0.00000270. The minimum atomic E-state index is -0.331. The van der Waals surface area contributed by atoms with Gasteiger partial charge in [0.05, 0.1) is 18.8 Å². The molecule has 0 spiro atoms. The number of aliphatic hydroxyl groups is 2. The number of likely N-dealkylation sites (N-methyl/N-ethyl adjacent to an activating group) is 1. The smallest absolute Gasteiger partial charge is 0.395 e. The minimum Gasteiger partial charge on any atom is -0.395 e. The van der Waals surface area contributed by atoms with Gasteiger partial charge in [-0.3, -0.25) is 25.0 Å². The van der Waals surface area contributed by atoms with Crippen LogP contribution in [0.2, 0.25) is 0 Å². The van der Waals surface area contributed by atoms with E-state index in [1.165, 1.54) is 29.0 Å². The molecule has 1 aliphatic rings. The van der Waals surface area contributed by atoms with Crippen molar-refractivity contribution in [1.82, 2.24) is 50.7 Å². The predicted octanol–water partition coefficient (Wildman–Crippen LogP) is 1.14. The van der Waals surface area contributed by atoms with E-state index in [1.54, 1.807) is 48.7 Å². The van der Waals surface area contributed by atoms with Gasteiger partial charge in [-0.1, -0.05) is 88.2 Å². The number of rotatable bonds is 32. The third kappa shape index (κ3) is 23.3. The summed E-state index contributed by atoms with van der Waals surface area (Å²) in [4.78, 5) is 44.0. The van der Waals surface area contributed by atoms with Gasteiger partial charge >= 0.3 is 58.2 Å². The van der Waals surface area contributed by atoms with Crippen LogP contribution in [0.5, 0.6) is 0 Å². The second kappa shape index (κ2) is 37.8. The first kappa shape index (κ1) is 65.1. The number of hydroxylamine groups is 2. The topological polar surface area (TPSA) is 181 Å². The fourth-order valence-electron chi connectivity index (χ4n) is 6.56. The molecule has 1 aromatic heterocycles. The van der Waals surface area contributed by atoms with Crippen LogP contribution in [0.1, 0.15) is 18.1 Å². The number of hydrogen-bond acceptors (Lipinski definition) is 13. The van der Waals surface area contributed by atoms with Crippen molar-refractivity contribution >= 4 is 24.0 Å². The molecule has 17 heteroatoms. The van der Waals surface area contributed by atoms with Gasteiger partial charge in [0.1, 0.15) is 5.70 Å². The summed E-state index contributed by atoms with van der Waals surface area (Å²) in [5.41, 5.74) is 10.2. The van der Waals surface area contributed by atoms with Crippen molar-refractivity contribution < 1.29 is 83.2 Å². The summed E-state index contributed by atoms with van der Waals surface area (Å²) in [5.74, 6) is -0.596. The Hall–Kier alpha value is -4.94. The fraction of sp³-hybridized carbons (Fsp3) is 0.340. The number of carbonyl (C=O) groups is 2. The molecule has 0 radical (unpaired) electrons. The molecule has 1 aromatic rings. The molecule has 1 unspecified atom stereocenters.